The van der Waals surface area contributed by atoms with Crippen molar-refractivity contribution >= 4 is 10.9 Å². The molecule has 0 aliphatic carbocycles. The van der Waals surface area contributed by atoms with Crippen LogP contribution in [0.15, 0.2) is 48.7 Å². The lowest BCUT2D eigenvalue weighted by atomic mass is 9.91. The summed E-state index contributed by atoms with van der Waals surface area (Å²) in [5.74, 6) is 1.79. The van der Waals surface area contributed by atoms with Crippen molar-refractivity contribution in [3.05, 3.63) is 59.8 Å². The smallest absolute Gasteiger partial charge is 0.161 e. The molecular formula is C20H25N2O2+. The number of aromatic amines is 1. The predicted molar refractivity (Wildman–Crippen MR) is 96.7 cm³/mol. The van der Waals surface area contributed by atoms with Crippen molar-refractivity contribution < 1.29 is 15.2 Å². The minimum atomic E-state index is 0.218. The van der Waals surface area contributed by atoms with Crippen molar-refractivity contribution in [1.29, 1.82) is 0 Å². The Morgan fingerprint density at radius 2 is 1.96 bits per heavy atom. The quantitative estimate of drug-likeness (QED) is 0.700. The van der Waals surface area contributed by atoms with Crippen LogP contribution in [-0.2, 0) is 0 Å². The molecule has 4 heteroatoms. The van der Waals surface area contributed by atoms with Gasteiger partial charge in [-0.15, -0.1) is 0 Å². The molecule has 0 saturated heterocycles. The summed E-state index contributed by atoms with van der Waals surface area (Å²) in [6.45, 7) is 3.56. The van der Waals surface area contributed by atoms with Crippen molar-refractivity contribution in [3.8, 4) is 11.5 Å². The maximum Gasteiger partial charge on any atom is 0.161 e. The summed E-state index contributed by atoms with van der Waals surface area (Å²) in [5, 5.41) is 1.25. The first kappa shape index (κ1) is 16.4. The van der Waals surface area contributed by atoms with Crippen LogP contribution in [0.25, 0.3) is 10.9 Å². The summed E-state index contributed by atoms with van der Waals surface area (Å²) in [6, 6.07) is 14.6. The van der Waals surface area contributed by atoms with Gasteiger partial charge in [0.05, 0.1) is 26.2 Å². The summed E-state index contributed by atoms with van der Waals surface area (Å²) in [4.78, 5) is 3.36. The molecule has 3 rings (SSSR count). The summed E-state index contributed by atoms with van der Waals surface area (Å²) in [6.07, 6.45) is 3.07. The molecule has 4 nitrogen and oxygen atoms in total. The molecule has 0 fully saturated rings. The number of quaternary nitrogens is 1. The maximum atomic E-state index is 5.76. The predicted octanol–water partition coefficient (Wildman–Crippen LogP) is 3.34. The lowest BCUT2D eigenvalue weighted by Crippen LogP contribution is -2.53. The first-order valence-corrected chi connectivity index (χ1v) is 8.44. The molecule has 0 amide bonds. The third-order valence-corrected chi connectivity index (χ3v) is 4.34. The molecule has 1 aromatic heterocycles. The zero-order valence-corrected chi connectivity index (χ0v) is 14.3. The molecule has 3 aromatic rings. The van der Waals surface area contributed by atoms with E-state index >= 15 is 0 Å². The van der Waals surface area contributed by atoms with Gasteiger partial charge >= 0.3 is 0 Å². The van der Waals surface area contributed by atoms with Crippen LogP contribution in [0.5, 0.6) is 11.5 Å². The van der Waals surface area contributed by atoms with Gasteiger partial charge in [0.1, 0.15) is 0 Å². The van der Waals surface area contributed by atoms with Crippen molar-refractivity contribution in [3.63, 3.8) is 0 Å². The number of benzene rings is 2. The zero-order chi connectivity index (χ0) is 16.9. The van der Waals surface area contributed by atoms with E-state index in [9.17, 15) is 0 Å². The van der Waals surface area contributed by atoms with Crippen LogP contribution in [0.3, 0.4) is 0 Å². The highest BCUT2D eigenvalue weighted by Crippen LogP contribution is 2.35. The Hall–Kier alpha value is -2.46. The minimum absolute atomic E-state index is 0.218. The van der Waals surface area contributed by atoms with Crippen LogP contribution in [0.2, 0.25) is 0 Å². The molecule has 1 atom stereocenters. The van der Waals surface area contributed by atoms with E-state index in [1.807, 2.05) is 12.1 Å². The summed E-state index contributed by atoms with van der Waals surface area (Å²) in [7, 11) is 1.68. The molecule has 0 bridgehead atoms. The number of methoxy groups -OCH3 is 1. The normalized spacial score (nSPS) is 12.3. The van der Waals surface area contributed by atoms with Crippen LogP contribution in [0, 0.1) is 0 Å². The average Bonchev–Trinajstić information content (AvgIpc) is 3.05. The first-order chi connectivity index (χ1) is 11.8. The van der Waals surface area contributed by atoms with Crippen LogP contribution in [0.1, 0.15) is 30.4 Å². The highest BCUT2D eigenvalue weighted by atomic mass is 16.5. The highest BCUT2D eigenvalue weighted by Gasteiger charge is 2.20. The Morgan fingerprint density at radius 1 is 1.12 bits per heavy atom. The molecule has 126 valence electrons. The number of H-pyrrole nitrogens is 1. The fourth-order valence-electron chi connectivity index (χ4n) is 3.12. The van der Waals surface area contributed by atoms with Crippen LogP contribution < -0.4 is 15.2 Å². The number of hydrogen-bond donors (Lipinski definition) is 2. The van der Waals surface area contributed by atoms with Crippen molar-refractivity contribution in [1.82, 2.24) is 4.98 Å². The van der Waals surface area contributed by atoms with E-state index < -0.39 is 0 Å². The number of nitrogens with one attached hydrogen (secondary N) is 1. The SMILES string of the molecule is CCCOc1ccc([C@H](C[NH3+])c2c[nH]c3ccccc23)cc1OC. The third kappa shape index (κ3) is 3.10. The number of para-hydroxylation sites is 1. The largest absolute Gasteiger partial charge is 0.493 e. The topological polar surface area (TPSA) is 61.9 Å². The standard InChI is InChI=1S/C20H24N2O2/c1-3-10-24-19-9-8-14(11-20(19)23-2)16(12-21)17-13-22-18-7-5-4-6-15(17)18/h4-9,11,13,16,22H,3,10,12,21H2,1-2H3/p+1/t16-/m0/s1. The van der Waals surface area contributed by atoms with Crippen LogP contribution in [0.4, 0.5) is 0 Å². The molecule has 4 N–H and O–H groups in total. The first-order valence-electron chi connectivity index (χ1n) is 8.44. The number of rotatable bonds is 7. The lowest BCUT2D eigenvalue weighted by Gasteiger charge is -2.16. The van der Waals surface area contributed by atoms with E-state index in [0.29, 0.717) is 6.61 Å². The second kappa shape index (κ2) is 7.41. The number of ether oxygens (including phenoxy) is 2. The molecule has 0 saturated carbocycles. The maximum absolute atomic E-state index is 5.76. The monoisotopic (exact) mass is 325 g/mol. The number of hydrogen-bond acceptors (Lipinski definition) is 2. The lowest BCUT2D eigenvalue weighted by molar-refractivity contribution is -0.370. The number of aromatic nitrogens is 1. The zero-order valence-electron chi connectivity index (χ0n) is 14.3. The molecular weight excluding hydrogens is 300 g/mol. The molecule has 0 radical (unpaired) electrons. The Labute approximate surface area is 142 Å². The highest BCUT2D eigenvalue weighted by molar-refractivity contribution is 5.84. The van der Waals surface area contributed by atoms with E-state index in [1.165, 1.54) is 16.5 Å². The van der Waals surface area contributed by atoms with E-state index in [1.54, 1.807) is 7.11 Å². The van der Waals surface area contributed by atoms with Crippen LogP contribution >= 0.6 is 0 Å². The van der Waals surface area contributed by atoms with Gasteiger partial charge in [-0.2, -0.15) is 0 Å². The summed E-state index contributed by atoms with van der Waals surface area (Å²) >= 11 is 0. The van der Waals surface area contributed by atoms with Gasteiger partial charge in [0.25, 0.3) is 0 Å². The van der Waals surface area contributed by atoms with Gasteiger partial charge in [-0.3, -0.25) is 0 Å². The van der Waals surface area contributed by atoms with Crippen molar-refractivity contribution in [2.45, 2.75) is 19.3 Å². The van der Waals surface area contributed by atoms with Crippen LogP contribution in [-0.4, -0.2) is 25.2 Å². The molecule has 24 heavy (non-hydrogen) atoms. The van der Waals surface area contributed by atoms with E-state index in [0.717, 1.165) is 30.0 Å². The van der Waals surface area contributed by atoms with Gasteiger partial charge in [-0.25, -0.2) is 0 Å². The van der Waals surface area contributed by atoms with E-state index in [2.05, 4.69) is 54.2 Å². The Kier molecular flexibility index (Phi) is 5.06. The van der Waals surface area contributed by atoms with Crippen molar-refractivity contribution in [2.24, 2.45) is 0 Å². The molecule has 1 heterocycles. The molecule has 0 unspecified atom stereocenters. The van der Waals surface area contributed by atoms with Gasteiger partial charge in [-0.1, -0.05) is 31.2 Å². The molecule has 2 aromatic carbocycles. The van der Waals surface area contributed by atoms with Gasteiger partial charge in [0.2, 0.25) is 0 Å². The molecule has 0 aliphatic heterocycles. The Balaban J connectivity index is 1.99. The molecule has 0 spiro atoms. The summed E-state index contributed by atoms with van der Waals surface area (Å²) in [5.41, 5.74) is 7.78. The average molecular weight is 325 g/mol. The van der Waals surface area contributed by atoms with Crippen molar-refractivity contribution in [2.75, 3.05) is 20.3 Å². The third-order valence-electron chi connectivity index (χ3n) is 4.34. The fourth-order valence-corrected chi connectivity index (χ4v) is 3.12. The summed E-state index contributed by atoms with van der Waals surface area (Å²) < 4.78 is 11.3. The fraction of sp³-hybridized carbons (Fsp3) is 0.300. The molecule has 0 aliphatic rings. The van der Waals surface area contributed by atoms with Gasteiger partial charge in [-0.05, 0) is 35.7 Å². The van der Waals surface area contributed by atoms with E-state index in [-0.39, 0.29) is 5.92 Å². The van der Waals surface area contributed by atoms with Gasteiger partial charge in [0.15, 0.2) is 11.5 Å². The minimum Gasteiger partial charge on any atom is -0.493 e. The Morgan fingerprint density at radius 3 is 2.71 bits per heavy atom. The Bertz CT molecular complexity index is 810. The second-order valence-electron chi connectivity index (χ2n) is 5.89. The van der Waals surface area contributed by atoms with Gasteiger partial charge in [0, 0.05) is 17.1 Å². The second-order valence-corrected chi connectivity index (χ2v) is 5.89. The van der Waals surface area contributed by atoms with E-state index in [4.69, 9.17) is 9.47 Å². The van der Waals surface area contributed by atoms with Gasteiger partial charge < -0.3 is 20.2 Å². The number of fused-ring (bicyclic) bond motifs is 1.